The van der Waals surface area contributed by atoms with E-state index in [-0.39, 0.29) is 18.0 Å². The number of benzene rings is 4. The van der Waals surface area contributed by atoms with Crippen LogP contribution < -0.4 is 0 Å². The molecule has 4 heteroatoms. The van der Waals surface area contributed by atoms with Crippen molar-refractivity contribution < 1.29 is 13.9 Å². The molecule has 4 atom stereocenters. The molecular weight excluding hydrogens is 576 g/mol. The summed E-state index contributed by atoms with van der Waals surface area (Å²) >= 11 is 1.77. The third-order valence-corrected chi connectivity index (χ3v) is 10.2. The van der Waals surface area contributed by atoms with Gasteiger partial charge in [-0.1, -0.05) is 111 Å². The molecule has 0 unspecified atom stereocenters. The number of aryl methyl sites for hydroxylation is 1. The molecule has 6 rings (SSSR count). The van der Waals surface area contributed by atoms with Crippen molar-refractivity contribution in [2.24, 2.45) is 11.8 Å². The largest absolute Gasteiger partial charge is 0.370 e. The van der Waals surface area contributed by atoms with Crippen LogP contribution in [0.25, 0.3) is 16.0 Å². The second kappa shape index (κ2) is 14.5. The van der Waals surface area contributed by atoms with Crippen molar-refractivity contribution >= 4 is 16.9 Å². The molecule has 0 bridgehead atoms. The number of hydrogen-bond donors (Lipinski definition) is 0. The lowest BCUT2D eigenvalue weighted by Crippen LogP contribution is -2.43. The third-order valence-electron chi connectivity index (χ3n) is 9.06. The highest BCUT2D eigenvalue weighted by Gasteiger charge is 2.39. The number of rotatable bonds is 11. The topological polar surface area (TPSA) is 18.5 Å². The van der Waals surface area contributed by atoms with Crippen LogP contribution in [0.2, 0.25) is 0 Å². The molecule has 1 aliphatic rings. The number of ether oxygens (including phenoxy) is 2. The fourth-order valence-electron chi connectivity index (χ4n) is 6.35. The Kier molecular flexibility index (Phi) is 10.0. The van der Waals surface area contributed by atoms with E-state index in [1.165, 1.54) is 44.8 Å². The minimum absolute atomic E-state index is 0.0841. The molecule has 4 aromatic carbocycles. The van der Waals surface area contributed by atoms with Crippen LogP contribution in [0.15, 0.2) is 121 Å². The molecule has 1 aromatic heterocycles. The van der Waals surface area contributed by atoms with Crippen molar-refractivity contribution in [1.82, 2.24) is 0 Å². The predicted octanol–water partition coefficient (Wildman–Crippen LogP) is 10.7. The van der Waals surface area contributed by atoms with E-state index >= 15 is 0 Å². The molecule has 0 saturated heterocycles. The molecule has 0 saturated carbocycles. The van der Waals surface area contributed by atoms with Crippen LogP contribution in [0.4, 0.5) is 4.39 Å². The van der Waals surface area contributed by atoms with E-state index in [4.69, 9.17) is 9.47 Å². The monoisotopic (exact) mass is 616 g/mol. The summed E-state index contributed by atoms with van der Waals surface area (Å²) in [4.78, 5) is 2.44. The Morgan fingerprint density at radius 3 is 2.04 bits per heavy atom. The van der Waals surface area contributed by atoms with Gasteiger partial charge in [-0.05, 0) is 88.4 Å². The highest BCUT2D eigenvalue weighted by atomic mass is 32.1. The van der Waals surface area contributed by atoms with Gasteiger partial charge in [0.25, 0.3) is 0 Å². The van der Waals surface area contributed by atoms with E-state index < -0.39 is 0 Å². The van der Waals surface area contributed by atoms with Gasteiger partial charge in [0.1, 0.15) is 11.9 Å². The maximum Gasteiger partial charge on any atom is 0.123 e. The average Bonchev–Trinajstić information content (AvgIpc) is 3.54. The summed E-state index contributed by atoms with van der Waals surface area (Å²) in [6, 6.07) is 38.8. The van der Waals surface area contributed by atoms with E-state index in [9.17, 15) is 4.39 Å². The van der Waals surface area contributed by atoms with Gasteiger partial charge in [-0.25, -0.2) is 4.39 Å². The first-order valence-electron chi connectivity index (χ1n) is 16.0. The highest BCUT2D eigenvalue weighted by molar-refractivity contribution is 7.15. The zero-order valence-electron chi connectivity index (χ0n) is 26.3. The highest BCUT2D eigenvalue weighted by Crippen LogP contribution is 2.41. The van der Waals surface area contributed by atoms with Crippen molar-refractivity contribution in [3.63, 3.8) is 0 Å². The molecular formula is C41H41FO2S. The summed E-state index contributed by atoms with van der Waals surface area (Å²) < 4.78 is 27.1. The first-order chi connectivity index (χ1) is 22.0. The van der Waals surface area contributed by atoms with Gasteiger partial charge in [0.15, 0.2) is 0 Å². The fraction of sp³-hybridized carbons (Fsp3) is 0.268. The average molecular weight is 617 g/mol. The number of allylic oxidation sites excluding steroid dienone is 1. The van der Waals surface area contributed by atoms with E-state index in [1.54, 1.807) is 11.3 Å². The smallest absolute Gasteiger partial charge is 0.123 e. The van der Waals surface area contributed by atoms with Crippen LogP contribution in [-0.2, 0) is 29.1 Å². The predicted molar refractivity (Wildman–Crippen MR) is 185 cm³/mol. The van der Waals surface area contributed by atoms with Gasteiger partial charge < -0.3 is 9.47 Å². The van der Waals surface area contributed by atoms with Crippen molar-refractivity contribution in [3.05, 3.63) is 160 Å². The molecule has 0 spiro atoms. The number of halogens is 1. The molecule has 0 amide bonds. The van der Waals surface area contributed by atoms with Crippen LogP contribution in [-0.4, -0.2) is 12.2 Å². The maximum absolute atomic E-state index is 13.5. The van der Waals surface area contributed by atoms with Gasteiger partial charge in [0.2, 0.25) is 0 Å². The molecule has 0 fully saturated rings. The molecule has 2 nitrogen and oxygen atoms in total. The van der Waals surface area contributed by atoms with Gasteiger partial charge in [-0.2, -0.15) is 0 Å². The molecule has 1 heterocycles. The summed E-state index contributed by atoms with van der Waals surface area (Å²) in [5, 5.41) is 0. The van der Waals surface area contributed by atoms with Crippen LogP contribution >= 0.6 is 11.3 Å². The Morgan fingerprint density at radius 2 is 1.38 bits per heavy atom. The van der Waals surface area contributed by atoms with Crippen molar-refractivity contribution in [2.75, 3.05) is 0 Å². The Morgan fingerprint density at radius 1 is 0.733 bits per heavy atom. The van der Waals surface area contributed by atoms with Gasteiger partial charge in [0, 0.05) is 16.2 Å². The number of hydrogen-bond acceptors (Lipinski definition) is 3. The second-order valence-corrected chi connectivity index (χ2v) is 13.3. The van der Waals surface area contributed by atoms with Crippen LogP contribution in [0.3, 0.4) is 0 Å². The van der Waals surface area contributed by atoms with Crippen LogP contribution in [0.1, 0.15) is 53.0 Å². The Hall–Kier alpha value is -3.83. The van der Waals surface area contributed by atoms with Crippen molar-refractivity contribution in [3.8, 4) is 10.4 Å². The standard InChI is InChI=1S/C41H41FO2S/c1-4-32-25-38(34-16-15-28(2)35(23-34)24-37-21-22-39(45-37)33-17-19-36(42)20-18-33)41(44-27-31-13-9-6-10-14-31)40(29(32)3)43-26-30-11-7-5-8-12-30/h5-23,25,29,32,40-41H,4,24,26-27H2,1-3H3/t29-,32+,40+,41+/m1/s1. The summed E-state index contributed by atoms with van der Waals surface area (Å²) in [7, 11) is 0. The van der Waals surface area contributed by atoms with Gasteiger partial charge in [0.05, 0.1) is 19.3 Å². The molecule has 0 N–H and O–H groups in total. The van der Waals surface area contributed by atoms with Gasteiger partial charge in [-0.15, -0.1) is 11.3 Å². The van der Waals surface area contributed by atoms with Crippen LogP contribution in [0.5, 0.6) is 0 Å². The SMILES string of the molecule is CC[C@H]1C=C(c2ccc(C)c(Cc3ccc(-c4ccc(F)cc4)s3)c2)[C@H](OCc2ccccc2)[C@@H](OCc2ccccc2)[C@@H]1C. The first kappa shape index (κ1) is 31.2. The molecule has 0 radical (unpaired) electrons. The summed E-state index contributed by atoms with van der Waals surface area (Å²) in [6.45, 7) is 7.85. The van der Waals surface area contributed by atoms with E-state index in [2.05, 4.69) is 106 Å². The minimum atomic E-state index is -0.210. The normalized spacial score (nSPS) is 19.8. The lowest BCUT2D eigenvalue weighted by Gasteiger charge is -2.41. The lowest BCUT2D eigenvalue weighted by atomic mass is 9.74. The molecule has 1 aliphatic carbocycles. The van der Waals surface area contributed by atoms with Crippen molar-refractivity contribution in [1.29, 1.82) is 0 Å². The Balaban J connectivity index is 1.31. The summed E-state index contributed by atoms with van der Waals surface area (Å²) in [5.41, 5.74) is 8.36. The van der Waals surface area contributed by atoms with E-state index in [1.807, 2.05) is 24.3 Å². The van der Waals surface area contributed by atoms with Gasteiger partial charge >= 0.3 is 0 Å². The molecule has 230 valence electrons. The Labute approximate surface area is 271 Å². The quantitative estimate of drug-likeness (QED) is 0.147. The number of thiophene rings is 1. The Bertz CT molecular complexity index is 1710. The zero-order chi connectivity index (χ0) is 31.2. The molecule has 0 aliphatic heterocycles. The van der Waals surface area contributed by atoms with Crippen LogP contribution in [0, 0.1) is 24.6 Å². The lowest BCUT2D eigenvalue weighted by molar-refractivity contribution is -0.0952. The first-order valence-corrected chi connectivity index (χ1v) is 16.8. The summed E-state index contributed by atoms with van der Waals surface area (Å²) in [5.74, 6) is 0.486. The van der Waals surface area contributed by atoms with E-state index in [0.717, 1.165) is 28.8 Å². The van der Waals surface area contributed by atoms with Gasteiger partial charge in [-0.3, -0.25) is 0 Å². The zero-order valence-corrected chi connectivity index (χ0v) is 27.1. The third kappa shape index (κ3) is 7.53. The minimum Gasteiger partial charge on any atom is -0.370 e. The second-order valence-electron chi connectivity index (χ2n) is 12.1. The molecule has 5 aromatic rings. The fourth-order valence-corrected chi connectivity index (χ4v) is 7.38. The maximum atomic E-state index is 13.5. The molecule has 45 heavy (non-hydrogen) atoms. The van der Waals surface area contributed by atoms with E-state index in [0.29, 0.717) is 25.0 Å². The van der Waals surface area contributed by atoms with Crippen molar-refractivity contribution in [2.45, 2.75) is 59.0 Å². The summed E-state index contributed by atoms with van der Waals surface area (Å²) in [6.07, 6.45) is 4.06.